The summed E-state index contributed by atoms with van der Waals surface area (Å²) in [5, 5.41) is 6.15. The molecule has 1 N–H and O–H groups in total. The van der Waals surface area contributed by atoms with Crippen LogP contribution in [0.5, 0.6) is 0 Å². The number of amides is 2. The molecule has 2 heterocycles. The van der Waals surface area contributed by atoms with Gasteiger partial charge in [-0.3, -0.25) is 9.59 Å². The minimum absolute atomic E-state index is 0.0869. The summed E-state index contributed by atoms with van der Waals surface area (Å²) in [6.45, 7) is 4.24. The smallest absolute Gasteiger partial charge is 0.225 e. The lowest BCUT2D eigenvalue weighted by atomic mass is 9.96. The maximum atomic E-state index is 12.7. The Hall–Kier alpha value is -1.43. The second-order valence-electron chi connectivity index (χ2n) is 7.24. The fourth-order valence-electron chi connectivity index (χ4n) is 3.89. The molecule has 1 atom stereocenters. The first kappa shape index (κ1) is 18.4. The van der Waals surface area contributed by atoms with E-state index in [2.05, 4.69) is 15.6 Å². The van der Waals surface area contributed by atoms with Gasteiger partial charge in [0.15, 0.2) is 0 Å². The number of aromatic nitrogens is 1. The molecule has 0 unspecified atom stereocenters. The number of hydrogen-bond donors (Lipinski definition) is 1. The van der Waals surface area contributed by atoms with Crippen LogP contribution in [-0.2, 0) is 16.0 Å². The van der Waals surface area contributed by atoms with Gasteiger partial charge in [0.05, 0.1) is 10.7 Å². The Morgan fingerprint density at radius 2 is 2.08 bits per heavy atom. The van der Waals surface area contributed by atoms with Gasteiger partial charge in [0, 0.05) is 49.7 Å². The predicted molar refractivity (Wildman–Crippen MR) is 99.6 cm³/mol. The fourth-order valence-corrected chi connectivity index (χ4v) is 4.87. The Kier molecular flexibility index (Phi) is 6.45. The lowest BCUT2D eigenvalue weighted by molar-refractivity contribution is -0.136. The highest BCUT2D eigenvalue weighted by Crippen LogP contribution is 2.32. The van der Waals surface area contributed by atoms with Crippen LogP contribution in [0.2, 0.25) is 0 Å². The van der Waals surface area contributed by atoms with Crippen LogP contribution in [0, 0.1) is 5.92 Å². The van der Waals surface area contributed by atoms with Crippen LogP contribution in [0.4, 0.5) is 0 Å². The minimum Gasteiger partial charge on any atom is -0.356 e. The largest absolute Gasteiger partial charge is 0.356 e. The molecule has 2 fully saturated rings. The quantitative estimate of drug-likeness (QED) is 0.845. The molecule has 1 aliphatic carbocycles. The van der Waals surface area contributed by atoms with E-state index < -0.39 is 0 Å². The van der Waals surface area contributed by atoms with Gasteiger partial charge in [0.1, 0.15) is 0 Å². The first-order valence-corrected chi connectivity index (χ1v) is 10.5. The Labute approximate surface area is 154 Å². The molecule has 1 saturated heterocycles. The van der Waals surface area contributed by atoms with Crippen molar-refractivity contribution in [3.05, 3.63) is 16.1 Å². The number of hydrogen-bond acceptors (Lipinski definition) is 4. The lowest BCUT2D eigenvalue weighted by Crippen LogP contribution is -2.41. The van der Waals surface area contributed by atoms with Crippen molar-refractivity contribution < 1.29 is 9.59 Å². The number of piperidine rings is 1. The van der Waals surface area contributed by atoms with Gasteiger partial charge < -0.3 is 10.2 Å². The van der Waals surface area contributed by atoms with Crippen LogP contribution in [0.3, 0.4) is 0 Å². The molecule has 0 spiro atoms. The standard InChI is InChI=1S/C19H29N3O2S/c1-2-17(23)20-10-9-16-13-25-18(21-16)15-8-5-11-22(12-15)19(24)14-6-3-4-7-14/h13-15H,2-12H2,1H3,(H,20,23)/t15-/m0/s1. The highest BCUT2D eigenvalue weighted by molar-refractivity contribution is 7.09. The first-order chi connectivity index (χ1) is 12.2. The molecule has 25 heavy (non-hydrogen) atoms. The van der Waals surface area contributed by atoms with E-state index in [1.54, 1.807) is 11.3 Å². The molecule has 1 saturated carbocycles. The maximum absolute atomic E-state index is 12.7. The number of carbonyl (C=O) groups is 2. The maximum Gasteiger partial charge on any atom is 0.225 e. The lowest BCUT2D eigenvalue weighted by Gasteiger charge is -2.33. The second-order valence-corrected chi connectivity index (χ2v) is 8.13. The number of thiazole rings is 1. The molecule has 0 bridgehead atoms. The molecular formula is C19H29N3O2S. The summed E-state index contributed by atoms with van der Waals surface area (Å²) in [4.78, 5) is 30.8. The van der Waals surface area contributed by atoms with Crippen molar-refractivity contribution in [1.29, 1.82) is 0 Å². The normalized spacial score (nSPS) is 21.5. The van der Waals surface area contributed by atoms with Crippen molar-refractivity contribution in [1.82, 2.24) is 15.2 Å². The summed E-state index contributed by atoms with van der Waals surface area (Å²) < 4.78 is 0. The van der Waals surface area contributed by atoms with Gasteiger partial charge in [0.25, 0.3) is 0 Å². The topological polar surface area (TPSA) is 62.3 Å². The SMILES string of the molecule is CCC(=O)NCCc1csc([C@H]2CCCN(C(=O)C3CCCC3)C2)n1. The van der Waals surface area contributed by atoms with Gasteiger partial charge in [-0.1, -0.05) is 19.8 Å². The van der Waals surface area contributed by atoms with Crippen LogP contribution < -0.4 is 5.32 Å². The third-order valence-electron chi connectivity index (χ3n) is 5.38. The van der Waals surface area contributed by atoms with E-state index >= 15 is 0 Å². The minimum atomic E-state index is 0.0869. The first-order valence-electron chi connectivity index (χ1n) is 9.67. The summed E-state index contributed by atoms with van der Waals surface area (Å²) in [6.07, 6.45) is 8.05. The zero-order chi connectivity index (χ0) is 17.6. The van der Waals surface area contributed by atoms with Crippen LogP contribution in [0.1, 0.15) is 68.5 Å². The summed E-state index contributed by atoms with van der Waals surface area (Å²) in [5.74, 6) is 1.11. The third-order valence-corrected chi connectivity index (χ3v) is 6.44. The molecule has 6 heteroatoms. The number of nitrogens with zero attached hydrogens (tertiary/aromatic N) is 2. The molecule has 138 valence electrons. The monoisotopic (exact) mass is 363 g/mol. The molecule has 3 rings (SSSR count). The van der Waals surface area contributed by atoms with E-state index in [1.165, 1.54) is 12.8 Å². The van der Waals surface area contributed by atoms with E-state index in [4.69, 9.17) is 4.98 Å². The van der Waals surface area contributed by atoms with Gasteiger partial charge >= 0.3 is 0 Å². The number of rotatable bonds is 6. The average Bonchev–Trinajstić information content (AvgIpc) is 3.33. The van der Waals surface area contributed by atoms with Crippen molar-refractivity contribution in [3.63, 3.8) is 0 Å². The summed E-state index contributed by atoms with van der Waals surface area (Å²) in [6, 6.07) is 0. The summed E-state index contributed by atoms with van der Waals surface area (Å²) in [5.41, 5.74) is 1.05. The van der Waals surface area contributed by atoms with E-state index in [0.717, 1.165) is 55.9 Å². The Morgan fingerprint density at radius 1 is 1.28 bits per heavy atom. The van der Waals surface area contributed by atoms with Crippen molar-refractivity contribution in [2.45, 2.75) is 64.2 Å². The second kappa shape index (κ2) is 8.79. The van der Waals surface area contributed by atoms with E-state index in [9.17, 15) is 9.59 Å². The zero-order valence-electron chi connectivity index (χ0n) is 15.1. The highest BCUT2D eigenvalue weighted by Gasteiger charge is 2.31. The van der Waals surface area contributed by atoms with Gasteiger partial charge in [-0.25, -0.2) is 4.98 Å². The summed E-state index contributed by atoms with van der Waals surface area (Å²) >= 11 is 1.70. The molecular weight excluding hydrogens is 334 g/mol. The molecule has 1 aromatic rings. The molecule has 5 nitrogen and oxygen atoms in total. The Morgan fingerprint density at radius 3 is 2.84 bits per heavy atom. The Balaban J connectivity index is 1.53. The van der Waals surface area contributed by atoms with Gasteiger partial charge in [-0.15, -0.1) is 11.3 Å². The van der Waals surface area contributed by atoms with E-state index in [-0.39, 0.29) is 11.8 Å². The highest BCUT2D eigenvalue weighted by atomic mass is 32.1. The van der Waals surface area contributed by atoms with Crippen molar-refractivity contribution in [2.24, 2.45) is 5.92 Å². The fraction of sp³-hybridized carbons (Fsp3) is 0.737. The molecule has 1 aromatic heterocycles. The van der Waals surface area contributed by atoms with Crippen molar-refractivity contribution in [2.75, 3.05) is 19.6 Å². The third kappa shape index (κ3) is 4.81. The summed E-state index contributed by atoms with van der Waals surface area (Å²) in [7, 11) is 0. The van der Waals surface area contributed by atoms with Crippen LogP contribution in [0.15, 0.2) is 5.38 Å². The van der Waals surface area contributed by atoms with Gasteiger partial charge in [-0.05, 0) is 25.7 Å². The molecule has 0 radical (unpaired) electrons. The number of likely N-dealkylation sites (tertiary alicyclic amines) is 1. The molecule has 1 aliphatic heterocycles. The Bertz CT molecular complexity index is 595. The van der Waals surface area contributed by atoms with Gasteiger partial charge in [0.2, 0.25) is 11.8 Å². The van der Waals surface area contributed by atoms with Gasteiger partial charge in [-0.2, -0.15) is 0 Å². The zero-order valence-corrected chi connectivity index (χ0v) is 15.9. The number of carbonyl (C=O) groups excluding carboxylic acids is 2. The van der Waals surface area contributed by atoms with Crippen molar-refractivity contribution >= 4 is 23.2 Å². The molecule has 2 amide bonds. The van der Waals surface area contributed by atoms with E-state index in [1.807, 2.05) is 6.92 Å². The van der Waals surface area contributed by atoms with Crippen LogP contribution >= 0.6 is 11.3 Å². The van der Waals surface area contributed by atoms with Crippen LogP contribution in [0.25, 0.3) is 0 Å². The molecule has 2 aliphatic rings. The number of nitrogens with one attached hydrogen (secondary N) is 1. The van der Waals surface area contributed by atoms with Crippen LogP contribution in [-0.4, -0.2) is 41.3 Å². The van der Waals surface area contributed by atoms with Crippen molar-refractivity contribution in [3.8, 4) is 0 Å². The average molecular weight is 364 g/mol. The molecule has 0 aromatic carbocycles. The van der Waals surface area contributed by atoms with E-state index in [0.29, 0.717) is 24.8 Å². The predicted octanol–water partition coefficient (Wildman–Crippen LogP) is 3.11.